The van der Waals surface area contributed by atoms with Crippen LogP contribution < -0.4 is 9.47 Å². The van der Waals surface area contributed by atoms with E-state index in [-0.39, 0.29) is 17.7 Å². The Morgan fingerprint density at radius 3 is 2.47 bits per heavy atom. The van der Waals surface area contributed by atoms with Crippen LogP contribution in [0.25, 0.3) is 11.6 Å². The first-order valence-corrected chi connectivity index (χ1v) is 9.40. The largest absolute Gasteiger partial charge is 0.490 e. The summed E-state index contributed by atoms with van der Waals surface area (Å²) in [6.45, 7) is 2.51. The lowest BCUT2D eigenvalue weighted by molar-refractivity contribution is 0.269. The Kier molecular flexibility index (Phi) is 6.82. The van der Waals surface area contributed by atoms with Crippen molar-refractivity contribution in [2.45, 2.75) is 13.5 Å². The molecule has 4 nitrogen and oxygen atoms in total. The minimum Gasteiger partial charge on any atom is -0.490 e. The summed E-state index contributed by atoms with van der Waals surface area (Å²) in [6, 6.07) is 22.8. The second-order valence-electron chi connectivity index (χ2n) is 6.35. The van der Waals surface area contributed by atoms with Crippen molar-refractivity contribution in [1.29, 1.82) is 10.5 Å². The molecule has 0 heterocycles. The van der Waals surface area contributed by atoms with Gasteiger partial charge in [-0.2, -0.15) is 10.5 Å². The van der Waals surface area contributed by atoms with Crippen molar-refractivity contribution in [3.8, 4) is 23.6 Å². The van der Waals surface area contributed by atoms with Crippen molar-refractivity contribution in [1.82, 2.24) is 0 Å². The number of allylic oxidation sites excluding steroid dienone is 1. The third-order valence-electron chi connectivity index (χ3n) is 4.38. The molecule has 0 amide bonds. The van der Waals surface area contributed by atoms with Gasteiger partial charge in [-0.25, -0.2) is 4.39 Å². The van der Waals surface area contributed by atoms with E-state index in [4.69, 9.17) is 9.47 Å². The molecule has 0 spiro atoms. The van der Waals surface area contributed by atoms with Crippen LogP contribution in [0.15, 0.2) is 66.7 Å². The van der Waals surface area contributed by atoms with Crippen molar-refractivity contribution >= 4 is 11.6 Å². The zero-order valence-corrected chi connectivity index (χ0v) is 16.4. The SMILES string of the molecule is CCOc1cc(C=C(C#N)c2ccccc2F)ccc1OCc1ccccc1C#N. The highest BCUT2D eigenvalue weighted by molar-refractivity contribution is 5.90. The monoisotopic (exact) mass is 398 g/mol. The first kappa shape index (κ1) is 20.6. The van der Waals surface area contributed by atoms with Gasteiger partial charge in [-0.05, 0) is 42.8 Å². The van der Waals surface area contributed by atoms with Gasteiger partial charge in [0.2, 0.25) is 0 Å². The summed E-state index contributed by atoms with van der Waals surface area (Å²) >= 11 is 0. The topological polar surface area (TPSA) is 66.0 Å². The Morgan fingerprint density at radius 1 is 0.967 bits per heavy atom. The molecule has 0 aliphatic carbocycles. The van der Waals surface area contributed by atoms with Crippen LogP contribution in [0.2, 0.25) is 0 Å². The van der Waals surface area contributed by atoms with E-state index >= 15 is 0 Å². The Bertz CT molecular complexity index is 1160. The van der Waals surface area contributed by atoms with Gasteiger partial charge in [0.15, 0.2) is 11.5 Å². The zero-order valence-electron chi connectivity index (χ0n) is 16.4. The van der Waals surface area contributed by atoms with E-state index in [1.165, 1.54) is 6.07 Å². The maximum atomic E-state index is 14.1. The van der Waals surface area contributed by atoms with Crippen molar-refractivity contribution in [3.63, 3.8) is 0 Å². The van der Waals surface area contributed by atoms with Gasteiger partial charge in [-0.15, -0.1) is 0 Å². The van der Waals surface area contributed by atoms with Crippen LogP contribution in [0.1, 0.15) is 29.2 Å². The predicted octanol–water partition coefficient (Wildman–Crippen LogP) is 5.74. The minimum absolute atomic E-state index is 0.215. The highest BCUT2D eigenvalue weighted by Crippen LogP contribution is 2.31. The van der Waals surface area contributed by atoms with Crippen LogP contribution in [0.4, 0.5) is 4.39 Å². The molecule has 30 heavy (non-hydrogen) atoms. The van der Waals surface area contributed by atoms with E-state index in [2.05, 4.69) is 12.1 Å². The van der Waals surface area contributed by atoms with Gasteiger partial charge in [0, 0.05) is 11.1 Å². The molecule has 0 N–H and O–H groups in total. The molecule has 3 rings (SSSR count). The van der Waals surface area contributed by atoms with Crippen molar-refractivity contribution in [2.75, 3.05) is 6.61 Å². The molecule has 3 aromatic carbocycles. The van der Waals surface area contributed by atoms with Gasteiger partial charge in [-0.3, -0.25) is 0 Å². The Balaban J connectivity index is 1.89. The first-order valence-electron chi connectivity index (χ1n) is 9.40. The van der Waals surface area contributed by atoms with Crippen LogP contribution >= 0.6 is 0 Å². The average molecular weight is 398 g/mol. The molecule has 0 atom stereocenters. The average Bonchev–Trinajstić information content (AvgIpc) is 2.78. The molecule has 0 aliphatic rings. The number of ether oxygens (including phenoxy) is 2. The summed E-state index contributed by atoms with van der Waals surface area (Å²) in [4.78, 5) is 0. The quantitative estimate of drug-likeness (QED) is 0.376. The van der Waals surface area contributed by atoms with Crippen molar-refractivity contribution in [3.05, 3.63) is 94.8 Å². The lowest BCUT2D eigenvalue weighted by Crippen LogP contribution is -2.01. The lowest BCUT2D eigenvalue weighted by Gasteiger charge is -2.13. The summed E-state index contributed by atoms with van der Waals surface area (Å²) in [6.07, 6.45) is 1.61. The minimum atomic E-state index is -0.452. The van der Waals surface area contributed by atoms with Crippen LogP contribution in [-0.4, -0.2) is 6.61 Å². The molecular weight excluding hydrogens is 379 g/mol. The molecule has 0 saturated carbocycles. The Hall–Kier alpha value is -4.09. The third kappa shape index (κ3) is 4.84. The fraction of sp³-hybridized carbons (Fsp3) is 0.120. The van der Waals surface area contributed by atoms with Gasteiger partial charge in [0.05, 0.1) is 29.9 Å². The second-order valence-corrected chi connectivity index (χ2v) is 6.35. The van der Waals surface area contributed by atoms with Gasteiger partial charge in [-0.1, -0.05) is 42.5 Å². The number of hydrogen-bond acceptors (Lipinski definition) is 4. The van der Waals surface area contributed by atoms with E-state index in [1.807, 2.05) is 19.1 Å². The Labute approximate surface area is 175 Å². The standard InChI is InChI=1S/C25H19FN2O2/c1-2-29-25-14-18(13-21(16-28)22-9-5-6-10-23(22)26)11-12-24(25)30-17-20-8-4-3-7-19(20)15-27/h3-14H,2,17H2,1H3. The molecular formula is C25H19FN2O2. The number of hydrogen-bond donors (Lipinski definition) is 0. The molecule has 5 heteroatoms. The summed E-state index contributed by atoms with van der Waals surface area (Å²) in [5.41, 5.74) is 2.47. The Morgan fingerprint density at radius 2 is 1.73 bits per heavy atom. The lowest BCUT2D eigenvalue weighted by atomic mass is 10.0. The first-order chi connectivity index (χ1) is 14.7. The summed E-state index contributed by atoms with van der Waals surface area (Å²) < 4.78 is 25.6. The highest BCUT2D eigenvalue weighted by Gasteiger charge is 2.11. The smallest absolute Gasteiger partial charge is 0.161 e. The van der Waals surface area contributed by atoms with Crippen LogP contribution in [0.5, 0.6) is 11.5 Å². The summed E-state index contributed by atoms with van der Waals surface area (Å²) in [7, 11) is 0. The predicted molar refractivity (Wildman–Crippen MR) is 113 cm³/mol. The summed E-state index contributed by atoms with van der Waals surface area (Å²) in [5.74, 6) is 0.573. The number of nitriles is 2. The third-order valence-corrected chi connectivity index (χ3v) is 4.38. The van der Waals surface area contributed by atoms with Gasteiger partial charge in [0.1, 0.15) is 12.4 Å². The second kappa shape index (κ2) is 9.91. The molecule has 0 aliphatic heterocycles. The zero-order chi connectivity index (χ0) is 21.3. The molecule has 3 aromatic rings. The highest BCUT2D eigenvalue weighted by atomic mass is 19.1. The maximum absolute atomic E-state index is 14.1. The fourth-order valence-corrected chi connectivity index (χ4v) is 2.93. The van der Waals surface area contributed by atoms with Crippen LogP contribution in [0.3, 0.4) is 0 Å². The molecule has 0 fully saturated rings. The molecule has 0 saturated heterocycles. The molecule has 0 bridgehead atoms. The number of rotatable bonds is 7. The number of benzene rings is 3. The molecule has 0 radical (unpaired) electrons. The molecule has 0 aromatic heterocycles. The maximum Gasteiger partial charge on any atom is 0.161 e. The van der Waals surface area contributed by atoms with E-state index in [9.17, 15) is 14.9 Å². The van der Waals surface area contributed by atoms with Gasteiger partial charge < -0.3 is 9.47 Å². The number of nitrogens with zero attached hydrogens (tertiary/aromatic N) is 2. The van der Waals surface area contributed by atoms with E-state index in [1.54, 1.807) is 54.6 Å². The van der Waals surface area contributed by atoms with Crippen LogP contribution in [-0.2, 0) is 6.61 Å². The van der Waals surface area contributed by atoms with Crippen molar-refractivity contribution < 1.29 is 13.9 Å². The van der Waals surface area contributed by atoms with Gasteiger partial charge in [0.25, 0.3) is 0 Å². The van der Waals surface area contributed by atoms with E-state index in [0.717, 1.165) is 5.56 Å². The van der Waals surface area contributed by atoms with E-state index in [0.29, 0.717) is 29.2 Å². The molecule has 148 valence electrons. The fourth-order valence-electron chi connectivity index (χ4n) is 2.93. The van der Waals surface area contributed by atoms with Crippen LogP contribution in [0, 0.1) is 28.5 Å². The van der Waals surface area contributed by atoms with E-state index < -0.39 is 5.82 Å². The normalized spacial score (nSPS) is 10.7. The van der Waals surface area contributed by atoms with Gasteiger partial charge >= 0.3 is 0 Å². The molecule has 0 unspecified atom stereocenters. The van der Waals surface area contributed by atoms with Crippen molar-refractivity contribution in [2.24, 2.45) is 0 Å². The summed E-state index contributed by atoms with van der Waals surface area (Å²) in [5, 5.41) is 18.7. The number of halogens is 1.